The Morgan fingerprint density at radius 2 is 1.85 bits per heavy atom. The van der Waals surface area contributed by atoms with Gasteiger partial charge in [0.1, 0.15) is 0 Å². The van der Waals surface area contributed by atoms with Gasteiger partial charge in [0.2, 0.25) is 5.91 Å². The molecule has 148 valence electrons. The summed E-state index contributed by atoms with van der Waals surface area (Å²) in [7, 11) is 0. The third kappa shape index (κ3) is 4.62. The second-order valence-electron chi connectivity index (χ2n) is 8.05. The van der Waals surface area contributed by atoms with Crippen molar-refractivity contribution in [2.24, 2.45) is 0 Å². The van der Waals surface area contributed by atoms with Gasteiger partial charge in [-0.25, -0.2) is 0 Å². The molecule has 3 fully saturated rings. The number of piperazine rings is 1. The lowest BCUT2D eigenvalue weighted by Gasteiger charge is -2.37. The molecule has 1 spiro atoms. The lowest BCUT2D eigenvalue weighted by Crippen LogP contribution is -2.51. The molecule has 4 rings (SSSR count). The van der Waals surface area contributed by atoms with E-state index < -0.39 is 0 Å². The van der Waals surface area contributed by atoms with Crippen molar-refractivity contribution in [1.29, 1.82) is 0 Å². The quantitative estimate of drug-likeness (QED) is 0.874. The van der Waals surface area contributed by atoms with Crippen LogP contribution in [0.25, 0.3) is 0 Å². The van der Waals surface area contributed by atoms with E-state index in [9.17, 15) is 4.79 Å². The van der Waals surface area contributed by atoms with Gasteiger partial charge in [-0.2, -0.15) is 0 Å². The van der Waals surface area contributed by atoms with Crippen LogP contribution in [-0.2, 0) is 14.3 Å². The molecule has 1 N–H and O–H groups in total. The van der Waals surface area contributed by atoms with Gasteiger partial charge in [0.05, 0.1) is 19.8 Å². The number of nitrogens with one attached hydrogen (secondary N) is 1. The van der Waals surface area contributed by atoms with E-state index in [1.54, 1.807) is 0 Å². The zero-order valence-electron chi connectivity index (χ0n) is 16.3. The van der Waals surface area contributed by atoms with Gasteiger partial charge in [0.25, 0.3) is 0 Å². The Morgan fingerprint density at radius 1 is 1.15 bits per heavy atom. The predicted molar refractivity (Wildman–Crippen MR) is 105 cm³/mol. The first-order valence-corrected chi connectivity index (χ1v) is 10.2. The van der Waals surface area contributed by atoms with Crippen molar-refractivity contribution < 1.29 is 14.3 Å². The Hall–Kier alpha value is -1.63. The van der Waals surface area contributed by atoms with Crippen LogP contribution >= 0.6 is 0 Å². The highest BCUT2D eigenvalue weighted by Gasteiger charge is 2.40. The maximum atomic E-state index is 12.5. The van der Waals surface area contributed by atoms with Crippen LogP contribution in [0.2, 0.25) is 0 Å². The topological polar surface area (TPSA) is 54.0 Å². The monoisotopic (exact) mass is 373 g/mol. The van der Waals surface area contributed by atoms with Crippen LogP contribution in [0.5, 0.6) is 0 Å². The molecule has 0 radical (unpaired) electrons. The Morgan fingerprint density at radius 3 is 2.52 bits per heavy atom. The van der Waals surface area contributed by atoms with Crippen LogP contribution < -0.4 is 10.2 Å². The molecule has 0 atom stereocenters. The standard InChI is InChI=1S/C21H31N3O3/c1-17-3-2-4-19(15-17)24-11-9-23(10-12-24)16-20(25)22-18-5-7-21(8-6-18)26-13-14-27-21/h2-4,15,18H,5-14,16H2,1H3,(H,22,25). The molecule has 6 heteroatoms. The van der Waals surface area contributed by atoms with E-state index in [1.165, 1.54) is 11.3 Å². The van der Waals surface area contributed by atoms with Gasteiger partial charge in [-0.1, -0.05) is 12.1 Å². The van der Waals surface area contributed by atoms with Gasteiger partial charge < -0.3 is 19.7 Å². The normalized spacial score (nSPS) is 23.7. The minimum atomic E-state index is -0.354. The van der Waals surface area contributed by atoms with Crippen LogP contribution in [0, 0.1) is 6.92 Å². The minimum Gasteiger partial charge on any atom is -0.369 e. The first-order chi connectivity index (χ1) is 13.1. The number of hydrogen-bond donors (Lipinski definition) is 1. The smallest absolute Gasteiger partial charge is 0.234 e. The number of ether oxygens (including phenoxy) is 2. The highest BCUT2D eigenvalue weighted by Crippen LogP contribution is 2.35. The molecule has 1 aromatic carbocycles. The summed E-state index contributed by atoms with van der Waals surface area (Å²) in [6.45, 7) is 7.82. The number of amides is 1. The highest BCUT2D eigenvalue weighted by atomic mass is 16.7. The van der Waals surface area contributed by atoms with E-state index in [-0.39, 0.29) is 17.7 Å². The molecule has 6 nitrogen and oxygen atoms in total. The van der Waals surface area contributed by atoms with Gasteiger partial charge in [-0.05, 0) is 37.5 Å². The van der Waals surface area contributed by atoms with Crippen LogP contribution in [0.4, 0.5) is 5.69 Å². The van der Waals surface area contributed by atoms with E-state index in [4.69, 9.17) is 9.47 Å². The molecule has 0 aromatic heterocycles. The van der Waals surface area contributed by atoms with E-state index in [1.807, 2.05) is 0 Å². The lowest BCUT2D eigenvalue weighted by molar-refractivity contribution is -0.180. The second kappa shape index (κ2) is 8.17. The summed E-state index contributed by atoms with van der Waals surface area (Å²) >= 11 is 0. The summed E-state index contributed by atoms with van der Waals surface area (Å²) in [6, 6.07) is 8.89. The van der Waals surface area contributed by atoms with Crippen molar-refractivity contribution in [3.63, 3.8) is 0 Å². The third-order valence-corrected chi connectivity index (χ3v) is 6.03. The van der Waals surface area contributed by atoms with Crippen LogP contribution in [0.1, 0.15) is 31.2 Å². The number of rotatable bonds is 4. The number of anilines is 1. The SMILES string of the molecule is Cc1cccc(N2CCN(CC(=O)NC3CCC4(CC3)OCCO4)CC2)c1. The van der Waals surface area contributed by atoms with Crippen molar-refractivity contribution in [2.75, 3.05) is 50.8 Å². The van der Waals surface area contributed by atoms with Crippen LogP contribution in [0.15, 0.2) is 24.3 Å². The zero-order valence-corrected chi connectivity index (χ0v) is 16.3. The first kappa shape index (κ1) is 18.7. The summed E-state index contributed by atoms with van der Waals surface area (Å²) in [4.78, 5) is 17.1. The molecule has 0 bridgehead atoms. The molecular formula is C21H31N3O3. The van der Waals surface area contributed by atoms with Gasteiger partial charge >= 0.3 is 0 Å². The van der Waals surface area contributed by atoms with Crippen molar-refractivity contribution in [2.45, 2.75) is 44.4 Å². The second-order valence-corrected chi connectivity index (χ2v) is 8.05. The Bertz CT molecular complexity index is 642. The molecule has 0 unspecified atom stereocenters. The molecule has 1 saturated carbocycles. The molecule has 2 heterocycles. The van der Waals surface area contributed by atoms with Crippen molar-refractivity contribution in [1.82, 2.24) is 10.2 Å². The number of nitrogens with zero attached hydrogens (tertiary/aromatic N) is 2. The summed E-state index contributed by atoms with van der Waals surface area (Å²) in [5.41, 5.74) is 2.57. The van der Waals surface area contributed by atoms with Crippen molar-refractivity contribution >= 4 is 11.6 Å². The fraction of sp³-hybridized carbons (Fsp3) is 0.667. The van der Waals surface area contributed by atoms with Crippen LogP contribution in [-0.4, -0.2) is 68.6 Å². The Balaban J connectivity index is 1.19. The summed E-state index contributed by atoms with van der Waals surface area (Å²) < 4.78 is 11.5. The number of hydrogen-bond acceptors (Lipinski definition) is 5. The zero-order chi connectivity index (χ0) is 18.7. The molecule has 1 aromatic rings. The fourth-order valence-electron chi connectivity index (χ4n) is 4.45. The number of carbonyl (C=O) groups excluding carboxylic acids is 1. The molecule has 2 saturated heterocycles. The molecule has 1 aliphatic carbocycles. The predicted octanol–water partition coefficient (Wildman–Crippen LogP) is 1.92. The number of aryl methyl sites for hydroxylation is 1. The summed E-state index contributed by atoms with van der Waals surface area (Å²) in [6.07, 6.45) is 3.64. The Kier molecular flexibility index (Phi) is 5.66. The number of carbonyl (C=O) groups is 1. The average Bonchev–Trinajstić information content (AvgIpc) is 3.13. The lowest BCUT2D eigenvalue weighted by atomic mass is 9.90. The van der Waals surface area contributed by atoms with Gasteiger partial charge in [-0.3, -0.25) is 9.69 Å². The molecule has 1 amide bonds. The van der Waals surface area contributed by atoms with Crippen LogP contribution in [0.3, 0.4) is 0 Å². The average molecular weight is 373 g/mol. The van der Waals surface area contributed by atoms with Crippen molar-refractivity contribution in [3.8, 4) is 0 Å². The highest BCUT2D eigenvalue weighted by molar-refractivity contribution is 5.78. The molecular weight excluding hydrogens is 342 g/mol. The first-order valence-electron chi connectivity index (χ1n) is 10.2. The van der Waals surface area contributed by atoms with E-state index in [2.05, 4.69) is 46.3 Å². The van der Waals surface area contributed by atoms with E-state index in [0.717, 1.165) is 51.9 Å². The fourth-order valence-corrected chi connectivity index (χ4v) is 4.45. The van der Waals surface area contributed by atoms with Gasteiger partial charge in [0.15, 0.2) is 5.79 Å². The van der Waals surface area contributed by atoms with Gasteiger partial charge in [-0.15, -0.1) is 0 Å². The summed E-state index contributed by atoms with van der Waals surface area (Å²) in [5, 5.41) is 3.22. The number of benzene rings is 1. The van der Waals surface area contributed by atoms with E-state index >= 15 is 0 Å². The molecule has 2 aliphatic heterocycles. The van der Waals surface area contributed by atoms with Crippen molar-refractivity contribution in [3.05, 3.63) is 29.8 Å². The maximum absolute atomic E-state index is 12.5. The Labute approximate surface area is 161 Å². The molecule has 27 heavy (non-hydrogen) atoms. The minimum absolute atomic E-state index is 0.146. The molecule has 3 aliphatic rings. The largest absolute Gasteiger partial charge is 0.369 e. The summed E-state index contributed by atoms with van der Waals surface area (Å²) in [5.74, 6) is -0.207. The van der Waals surface area contributed by atoms with Gasteiger partial charge in [0, 0.05) is 50.7 Å². The third-order valence-electron chi connectivity index (χ3n) is 6.03. The van der Waals surface area contributed by atoms with E-state index in [0.29, 0.717) is 19.8 Å². The maximum Gasteiger partial charge on any atom is 0.234 e.